The van der Waals surface area contributed by atoms with Crippen LogP contribution in [0.5, 0.6) is 0 Å². The highest BCUT2D eigenvalue weighted by molar-refractivity contribution is 8.00. The summed E-state index contributed by atoms with van der Waals surface area (Å²) >= 11 is 2.70. The molecular weight excluding hydrogens is 468 g/mol. The molecule has 1 aromatic heterocycles. The molecule has 2 aliphatic rings. The maximum absolute atomic E-state index is 13.4. The molecule has 2 amide bonds. The lowest BCUT2D eigenvalue weighted by atomic mass is 9.58. The smallest absolute Gasteiger partial charge is 0.335 e. The molecule has 8 heteroatoms. The normalized spacial score (nSPS) is 21.3. The van der Waals surface area contributed by atoms with Gasteiger partial charge < -0.3 is 15.7 Å². The molecule has 0 saturated heterocycles. The van der Waals surface area contributed by atoms with Crippen molar-refractivity contribution in [2.24, 2.45) is 16.6 Å². The van der Waals surface area contributed by atoms with E-state index in [1.54, 1.807) is 12.1 Å². The van der Waals surface area contributed by atoms with Gasteiger partial charge in [-0.25, -0.2) is 4.79 Å². The number of carbonyl (C=O) groups is 3. The molecule has 0 spiro atoms. The number of carboxylic acid groups (broad SMARTS) is 1. The fourth-order valence-corrected chi connectivity index (χ4v) is 7.06. The lowest BCUT2D eigenvalue weighted by Crippen LogP contribution is -2.48. The molecule has 0 radical (unpaired) electrons. The van der Waals surface area contributed by atoms with Crippen LogP contribution in [-0.4, -0.2) is 46.6 Å². The highest BCUT2D eigenvalue weighted by atomic mass is 32.2. The number of aromatic carboxylic acids is 1. The molecule has 1 atom stereocenters. The first-order chi connectivity index (χ1) is 16.0. The molecule has 1 aliphatic heterocycles. The van der Waals surface area contributed by atoms with Crippen molar-refractivity contribution in [3.05, 3.63) is 69.4 Å². The van der Waals surface area contributed by atoms with Gasteiger partial charge in [0.1, 0.15) is 4.88 Å². The van der Waals surface area contributed by atoms with Crippen LogP contribution in [-0.2, 0) is 4.79 Å². The van der Waals surface area contributed by atoms with Crippen LogP contribution in [0.2, 0.25) is 0 Å². The van der Waals surface area contributed by atoms with Crippen LogP contribution >= 0.6 is 23.1 Å². The van der Waals surface area contributed by atoms with Crippen molar-refractivity contribution >= 4 is 46.5 Å². The number of nitrogens with zero attached hydrogens (tertiary/aromatic N) is 1. The summed E-state index contributed by atoms with van der Waals surface area (Å²) in [5.74, 6) is -1.21. The van der Waals surface area contributed by atoms with E-state index in [1.807, 2.05) is 28.5 Å². The predicted molar refractivity (Wildman–Crippen MR) is 136 cm³/mol. The predicted octanol–water partition coefficient (Wildman–Crippen LogP) is 4.93. The average Bonchev–Trinajstić information content (AvgIpc) is 3.25. The summed E-state index contributed by atoms with van der Waals surface area (Å²) in [5.41, 5.74) is 8.61. The number of nitrogens with two attached hydrogens (primary N) is 1. The Morgan fingerprint density at radius 3 is 2.47 bits per heavy atom. The van der Waals surface area contributed by atoms with Gasteiger partial charge in [-0.1, -0.05) is 50.6 Å². The molecule has 3 N–H and O–H groups in total. The second-order valence-corrected chi connectivity index (χ2v) is 11.5. The fourth-order valence-electron chi connectivity index (χ4n) is 5.22. The van der Waals surface area contributed by atoms with Gasteiger partial charge in [0.25, 0.3) is 5.91 Å². The Morgan fingerprint density at radius 1 is 1.12 bits per heavy atom. The van der Waals surface area contributed by atoms with E-state index in [2.05, 4.69) is 32.9 Å². The SMILES string of the molecule is CC1(C)C(c2ccc(C(=O)O)cc2)=CC[C@]2(C)CN(C(=O)c3sccc3SCC(N)=O)CC=C12. The molecule has 1 aliphatic carbocycles. The van der Waals surface area contributed by atoms with Crippen molar-refractivity contribution in [3.8, 4) is 0 Å². The molecule has 178 valence electrons. The van der Waals surface area contributed by atoms with Gasteiger partial charge in [-0.3, -0.25) is 9.59 Å². The second-order valence-electron chi connectivity index (χ2n) is 9.56. The van der Waals surface area contributed by atoms with E-state index in [9.17, 15) is 19.5 Å². The molecule has 2 aromatic rings. The summed E-state index contributed by atoms with van der Waals surface area (Å²) in [6.45, 7) is 7.74. The third-order valence-electron chi connectivity index (χ3n) is 6.73. The van der Waals surface area contributed by atoms with Crippen molar-refractivity contribution < 1.29 is 19.5 Å². The molecule has 4 rings (SSSR count). The van der Waals surface area contributed by atoms with Gasteiger partial charge in [-0.15, -0.1) is 23.1 Å². The van der Waals surface area contributed by atoms with Crippen LogP contribution in [0.1, 0.15) is 52.8 Å². The number of benzene rings is 1. The Bertz CT molecular complexity index is 1210. The van der Waals surface area contributed by atoms with Crippen LogP contribution in [0.4, 0.5) is 0 Å². The standard InChI is InChI=1S/C26H28N2O4S2/c1-25(2)18(16-4-6-17(7-5-16)24(31)32)8-11-26(3)15-28(12-9-20(25)26)23(30)22-19(10-13-33-22)34-14-21(27)29/h4-10,13H,11-12,14-15H2,1-3H3,(H2,27,29)(H,31,32)/t26-/m1/s1. The molecule has 0 bridgehead atoms. The molecule has 0 fully saturated rings. The molecule has 0 saturated carbocycles. The summed E-state index contributed by atoms with van der Waals surface area (Å²) in [7, 11) is 0. The average molecular weight is 497 g/mol. The maximum atomic E-state index is 13.4. The van der Waals surface area contributed by atoms with Crippen LogP contribution in [0.3, 0.4) is 0 Å². The van der Waals surface area contributed by atoms with Crippen molar-refractivity contribution in [2.45, 2.75) is 32.1 Å². The Morgan fingerprint density at radius 2 is 1.82 bits per heavy atom. The molecule has 2 heterocycles. The van der Waals surface area contributed by atoms with Crippen LogP contribution in [0.15, 0.2) is 58.3 Å². The molecule has 6 nitrogen and oxygen atoms in total. The summed E-state index contributed by atoms with van der Waals surface area (Å²) in [4.78, 5) is 39.1. The number of carboxylic acids is 1. The lowest BCUT2D eigenvalue weighted by Gasteiger charge is -2.50. The highest BCUT2D eigenvalue weighted by Crippen LogP contribution is 2.55. The number of allylic oxidation sites excluding steroid dienone is 2. The highest BCUT2D eigenvalue weighted by Gasteiger charge is 2.46. The number of amides is 2. The second kappa shape index (κ2) is 9.07. The fraction of sp³-hybridized carbons (Fsp3) is 0.346. The summed E-state index contributed by atoms with van der Waals surface area (Å²) in [6, 6.07) is 8.91. The number of primary amides is 1. The van der Waals surface area contributed by atoms with E-state index in [1.165, 1.54) is 34.2 Å². The number of rotatable bonds is 6. The first-order valence-electron chi connectivity index (χ1n) is 11.1. The quantitative estimate of drug-likeness (QED) is 0.436. The van der Waals surface area contributed by atoms with Gasteiger partial charge in [0.2, 0.25) is 5.91 Å². The van der Waals surface area contributed by atoms with E-state index in [-0.39, 0.29) is 28.1 Å². The monoisotopic (exact) mass is 496 g/mol. The van der Waals surface area contributed by atoms with Crippen molar-refractivity contribution in [3.63, 3.8) is 0 Å². The minimum Gasteiger partial charge on any atom is -0.478 e. The lowest BCUT2D eigenvalue weighted by molar-refractivity contribution is -0.115. The number of thioether (sulfide) groups is 1. The Hall–Kier alpha value is -2.84. The van der Waals surface area contributed by atoms with Crippen LogP contribution in [0, 0.1) is 10.8 Å². The first-order valence-corrected chi connectivity index (χ1v) is 12.9. The topological polar surface area (TPSA) is 101 Å². The van der Waals surface area contributed by atoms with E-state index in [0.29, 0.717) is 18.0 Å². The zero-order valence-corrected chi connectivity index (χ0v) is 21.1. The summed E-state index contributed by atoms with van der Waals surface area (Å²) in [6.07, 6.45) is 5.21. The number of fused-ring (bicyclic) bond motifs is 1. The van der Waals surface area contributed by atoms with E-state index in [4.69, 9.17) is 5.73 Å². The zero-order chi connectivity index (χ0) is 24.7. The van der Waals surface area contributed by atoms with Gasteiger partial charge in [0, 0.05) is 28.8 Å². The number of hydrogen-bond acceptors (Lipinski definition) is 5. The van der Waals surface area contributed by atoms with Gasteiger partial charge in [0.15, 0.2) is 0 Å². The molecular formula is C26H28N2O4S2. The molecule has 0 unspecified atom stereocenters. The van der Waals surface area contributed by atoms with Crippen molar-refractivity contribution in [2.75, 3.05) is 18.8 Å². The summed E-state index contributed by atoms with van der Waals surface area (Å²) < 4.78 is 0. The minimum absolute atomic E-state index is 0.0182. The van der Waals surface area contributed by atoms with Crippen LogP contribution < -0.4 is 5.73 Å². The number of carbonyl (C=O) groups excluding carboxylic acids is 2. The Kier molecular flexibility index (Phi) is 6.48. The van der Waals surface area contributed by atoms with Crippen LogP contribution in [0.25, 0.3) is 5.57 Å². The van der Waals surface area contributed by atoms with Gasteiger partial charge >= 0.3 is 5.97 Å². The first kappa shape index (κ1) is 24.3. The van der Waals surface area contributed by atoms with Crippen molar-refractivity contribution in [1.29, 1.82) is 0 Å². The third kappa shape index (κ3) is 4.44. The van der Waals surface area contributed by atoms with E-state index in [0.717, 1.165) is 16.9 Å². The Balaban J connectivity index is 1.58. The third-order valence-corrected chi connectivity index (χ3v) is 8.84. The van der Waals surface area contributed by atoms with Crippen molar-refractivity contribution in [1.82, 2.24) is 4.90 Å². The van der Waals surface area contributed by atoms with E-state index < -0.39 is 11.9 Å². The maximum Gasteiger partial charge on any atom is 0.335 e. The largest absolute Gasteiger partial charge is 0.478 e. The summed E-state index contributed by atoms with van der Waals surface area (Å²) in [5, 5.41) is 11.1. The van der Waals surface area contributed by atoms with Gasteiger partial charge in [0.05, 0.1) is 11.3 Å². The van der Waals surface area contributed by atoms with Gasteiger partial charge in [-0.2, -0.15) is 0 Å². The zero-order valence-electron chi connectivity index (χ0n) is 19.5. The number of hydrogen-bond donors (Lipinski definition) is 2. The van der Waals surface area contributed by atoms with Gasteiger partial charge in [-0.05, 0) is 41.1 Å². The molecule has 1 aromatic carbocycles. The number of thiophene rings is 1. The minimum atomic E-state index is -0.933. The Labute approximate surface area is 207 Å². The molecule has 34 heavy (non-hydrogen) atoms. The van der Waals surface area contributed by atoms with E-state index >= 15 is 0 Å².